The second kappa shape index (κ2) is 10.5. The molecule has 0 radical (unpaired) electrons. The highest BCUT2D eigenvalue weighted by Gasteiger charge is 2.47. The van der Waals surface area contributed by atoms with E-state index in [4.69, 9.17) is 14.5 Å². The highest BCUT2D eigenvalue weighted by molar-refractivity contribution is 7.21. The van der Waals surface area contributed by atoms with Crippen molar-refractivity contribution in [2.75, 3.05) is 0 Å². The monoisotopic (exact) mass is 633 g/mol. The number of aromatic nitrogens is 1. The van der Waals surface area contributed by atoms with Crippen LogP contribution in [0.3, 0.4) is 0 Å². The molecule has 1 aliphatic carbocycles. The number of hydrogen-bond acceptors (Lipinski definition) is 4. The Hall–Kier alpha value is -5.97. The molecule has 0 fully saturated rings. The third kappa shape index (κ3) is 4.03. The molecule has 0 bridgehead atoms. The summed E-state index contributed by atoms with van der Waals surface area (Å²) in [7, 11) is 0. The van der Waals surface area contributed by atoms with Gasteiger partial charge in [0.25, 0.3) is 0 Å². The van der Waals surface area contributed by atoms with Gasteiger partial charge in [-0.2, -0.15) is 0 Å². The second-order valence-corrected chi connectivity index (χ2v) is 13.3. The lowest BCUT2D eigenvalue weighted by molar-refractivity contribution is 0.359. The lowest BCUT2D eigenvalue weighted by Crippen LogP contribution is -2.28. The van der Waals surface area contributed by atoms with Crippen LogP contribution < -0.4 is 9.47 Å². The normalized spacial score (nSPS) is 13.5. The van der Waals surface area contributed by atoms with Crippen LogP contribution in [-0.4, -0.2) is 4.98 Å². The Kier molecular flexibility index (Phi) is 5.96. The maximum Gasteiger partial charge on any atom is 0.170 e. The Bertz CT molecular complexity index is 2450. The summed E-state index contributed by atoms with van der Waals surface area (Å²) in [5, 5.41) is 1.01. The maximum atomic E-state index is 6.68. The van der Waals surface area contributed by atoms with Gasteiger partial charge in [-0.1, -0.05) is 121 Å². The van der Waals surface area contributed by atoms with Crippen LogP contribution in [0.4, 0.5) is 0 Å². The first-order valence-corrected chi connectivity index (χ1v) is 16.9. The van der Waals surface area contributed by atoms with Crippen molar-refractivity contribution in [3.63, 3.8) is 0 Å². The predicted molar refractivity (Wildman–Crippen MR) is 194 cm³/mol. The molecule has 0 unspecified atom stereocenters. The molecule has 10 rings (SSSR count). The minimum Gasteiger partial charge on any atom is -0.450 e. The molecule has 0 saturated heterocycles. The van der Waals surface area contributed by atoms with E-state index in [9.17, 15) is 0 Å². The Balaban J connectivity index is 1.07. The van der Waals surface area contributed by atoms with Gasteiger partial charge in [0.2, 0.25) is 0 Å². The number of nitrogens with zero attached hydrogens (tertiary/aromatic N) is 1. The minimum atomic E-state index is -0.495. The molecule has 0 saturated carbocycles. The number of fused-ring (bicyclic) bond motifs is 6. The maximum absolute atomic E-state index is 6.68. The lowest BCUT2D eigenvalue weighted by atomic mass is 9.67. The Morgan fingerprint density at radius 3 is 1.90 bits per heavy atom. The summed E-state index contributed by atoms with van der Waals surface area (Å²) in [6.45, 7) is 0. The van der Waals surface area contributed by atoms with Crippen molar-refractivity contribution in [2.24, 2.45) is 0 Å². The summed E-state index contributed by atoms with van der Waals surface area (Å²) in [6.07, 6.45) is 0. The molecule has 2 aliphatic rings. The number of hydrogen-bond donors (Lipinski definition) is 0. The van der Waals surface area contributed by atoms with Crippen molar-refractivity contribution in [2.45, 2.75) is 5.41 Å². The first-order valence-electron chi connectivity index (χ1n) is 16.1. The minimum absolute atomic E-state index is 0.495. The highest BCUT2D eigenvalue weighted by Crippen LogP contribution is 2.59. The molecule has 1 aromatic heterocycles. The zero-order valence-corrected chi connectivity index (χ0v) is 26.6. The number of thiazole rings is 1. The van der Waals surface area contributed by atoms with E-state index < -0.39 is 5.41 Å². The third-order valence-electron chi connectivity index (χ3n) is 9.64. The van der Waals surface area contributed by atoms with Crippen molar-refractivity contribution in [1.29, 1.82) is 0 Å². The Labute approximate surface area is 282 Å². The van der Waals surface area contributed by atoms with Gasteiger partial charge in [-0.3, -0.25) is 0 Å². The van der Waals surface area contributed by atoms with Gasteiger partial charge >= 0.3 is 0 Å². The van der Waals surface area contributed by atoms with E-state index in [1.807, 2.05) is 12.1 Å². The first-order chi connectivity index (χ1) is 23.8. The predicted octanol–water partition coefficient (Wildman–Crippen LogP) is 11.9. The summed E-state index contributed by atoms with van der Waals surface area (Å²) in [6, 6.07) is 57.7. The molecule has 3 nitrogen and oxygen atoms in total. The van der Waals surface area contributed by atoms with Crippen LogP contribution in [0.5, 0.6) is 23.0 Å². The average Bonchev–Trinajstić information content (AvgIpc) is 3.71. The molecule has 8 aromatic rings. The molecule has 4 heteroatoms. The van der Waals surface area contributed by atoms with Gasteiger partial charge in [0.1, 0.15) is 5.01 Å². The van der Waals surface area contributed by atoms with Crippen LogP contribution in [0.2, 0.25) is 0 Å². The molecule has 0 spiro atoms. The van der Waals surface area contributed by atoms with E-state index in [0.717, 1.165) is 38.5 Å². The van der Waals surface area contributed by atoms with Gasteiger partial charge in [0.05, 0.1) is 15.6 Å². The molecule has 0 amide bonds. The number of ether oxygens (including phenoxy) is 2. The number of benzene rings is 7. The summed E-state index contributed by atoms with van der Waals surface area (Å²) in [5.41, 5.74) is 11.0. The summed E-state index contributed by atoms with van der Waals surface area (Å²) in [4.78, 5) is 4.88. The smallest absolute Gasteiger partial charge is 0.170 e. The largest absolute Gasteiger partial charge is 0.450 e. The van der Waals surface area contributed by atoms with E-state index in [-0.39, 0.29) is 0 Å². The van der Waals surface area contributed by atoms with Crippen LogP contribution in [-0.2, 0) is 5.41 Å². The standard InChI is InChI=1S/C44H27NO2S/c1-3-14-31(15-4-1)44(32-16-5-2-6-17-32)35-19-8-7-18-33(35)34-26-40-41(27-36(34)44)46-38-23-22-29(25-39(38)47-40)28-12-11-13-30(24-28)43-45-37-20-9-10-21-42(37)48-43/h1-27H. The third-order valence-corrected chi connectivity index (χ3v) is 10.7. The van der Waals surface area contributed by atoms with Crippen LogP contribution >= 0.6 is 11.3 Å². The average molecular weight is 634 g/mol. The molecular formula is C44H27NO2S. The van der Waals surface area contributed by atoms with E-state index in [2.05, 4.69) is 152 Å². The fraction of sp³-hybridized carbons (Fsp3) is 0.0227. The van der Waals surface area contributed by atoms with Gasteiger partial charge in [0, 0.05) is 5.56 Å². The van der Waals surface area contributed by atoms with Crippen molar-refractivity contribution < 1.29 is 9.47 Å². The van der Waals surface area contributed by atoms with E-state index in [1.165, 1.54) is 32.5 Å². The van der Waals surface area contributed by atoms with Crippen LogP contribution in [0.25, 0.3) is 43.0 Å². The van der Waals surface area contributed by atoms with Gasteiger partial charge in [-0.25, -0.2) is 4.98 Å². The molecule has 0 atom stereocenters. The zero-order chi connectivity index (χ0) is 31.7. The Morgan fingerprint density at radius 2 is 1.08 bits per heavy atom. The fourth-order valence-corrected chi connectivity index (χ4v) is 8.49. The molecule has 0 N–H and O–H groups in total. The second-order valence-electron chi connectivity index (χ2n) is 12.3. The van der Waals surface area contributed by atoms with E-state index in [1.54, 1.807) is 11.3 Å². The van der Waals surface area contributed by atoms with Gasteiger partial charge in [-0.05, 0) is 87.0 Å². The SMILES string of the molecule is c1ccc(C2(c3ccccc3)c3ccccc3-c3cc4c(cc32)Oc2ccc(-c3cccc(-c5nc6ccccc6s5)c3)cc2O4)cc1. The number of rotatable bonds is 4. The number of para-hydroxylation sites is 1. The quantitative estimate of drug-likeness (QED) is 0.193. The first kappa shape index (κ1) is 27.2. The van der Waals surface area contributed by atoms with E-state index >= 15 is 0 Å². The fourth-order valence-electron chi connectivity index (χ4n) is 7.52. The van der Waals surface area contributed by atoms with Gasteiger partial charge in [-0.15, -0.1) is 11.3 Å². The molecule has 1 aliphatic heterocycles. The zero-order valence-electron chi connectivity index (χ0n) is 25.8. The lowest BCUT2D eigenvalue weighted by Gasteiger charge is -2.34. The van der Waals surface area contributed by atoms with Crippen LogP contribution in [0.15, 0.2) is 164 Å². The Morgan fingerprint density at radius 1 is 0.438 bits per heavy atom. The van der Waals surface area contributed by atoms with Gasteiger partial charge < -0.3 is 9.47 Å². The van der Waals surface area contributed by atoms with E-state index in [0.29, 0.717) is 17.2 Å². The summed E-state index contributed by atoms with van der Waals surface area (Å²) >= 11 is 1.72. The van der Waals surface area contributed by atoms with Gasteiger partial charge in [0.15, 0.2) is 23.0 Å². The van der Waals surface area contributed by atoms with Crippen molar-refractivity contribution >= 4 is 21.6 Å². The molecule has 7 aromatic carbocycles. The van der Waals surface area contributed by atoms with Crippen molar-refractivity contribution in [3.8, 4) is 55.8 Å². The molecule has 226 valence electrons. The van der Waals surface area contributed by atoms with Crippen molar-refractivity contribution in [1.82, 2.24) is 4.98 Å². The molecular weight excluding hydrogens is 607 g/mol. The summed E-state index contributed by atoms with van der Waals surface area (Å²) < 4.78 is 14.5. The topological polar surface area (TPSA) is 31.4 Å². The highest BCUT2D eigenvalue weighted by atomic mass is 32.1. The van der Waals surface area contributed by atoms with Crippen molar-refractivity contribution in [3.05, 3.63) is 186 Å². The molecule has 48 heavy (non-hydrogen) atoms. The summed E-state index contributed by atoms with van der Waals surface area (Å²) in [5.74, 6) is 2.84. The van der Waals surface area contributed by atoms with Crippen LogP contribution in [0.1, 0.15) is 22.3 Å². The van der Waals surface area contributed by atoms with Crippen LogP contribution in [0, 0.1) is 0 Å². The molecule has 2 heterocycles.